The third kappa shape index (κ3) is 2.98. The van der Waals surface area contributed by atoms with Crippen LogP contribution < -0.4 is 5.73 Å². The average Bonchev–Trinajstić information content (AvgIpc) is 2.53. The fourth-order valence-electron chi connectivity index (χ4n) is 2.15. The number of benzene rings is 3. The molecule has 3 aromatic carbocycles. The van der Waals surface area contributed by atoms with Crippen LogP contribution in [0.4, 0.5) is 5.69 Å². The van der Waals surface area contributed by atoms with Crippen LogP contribution in [0, 0.1) is 0 Å². The van der Waals surface area contributed by atoms with Crippen LogP contribution in [0.5, 0.6) is 0 Å². The molecule has 0 aliphatic rings. The highest BCUT2D eigenvalue weighted by Gasteiger charge is 1.98. The van der Waals surface area contributed by atoms with Gasteiger partial charge in [0.1, 0.15) is 0 Å². The molecule has 2 N–H and O–H groups in total. The van der Waals surface area contributed by atoms with E-state index in [4.69, 9.17) is 5.73 Å². The first kappa shape index (κ1) is 13.1. The van der Waals surface area contributed by atoms with Gasteiger partial charge in [0, 0.05) is 11.8 Å². The van der Waals surface area contributed by atoms with Crippen molar-refractivity contribution in [3.8, 4) is 0 Å². The molecule has 0 spiro atoms. The number of carbonyl (C=O) groups excluding carboxylic acids is 1. The molecule has 0 atom stereocenters. The van der Waals surface area contributed by atoms with E-state index >= 15 is 0 Å². The van der Waals surface area contributed by atoms with E-state index in [0.717, 1.165) is 11.3 Å². The van der Waals surface area contributed by atoms with E-state index in [0.29, 0.717) is 5.56 Å². The van der Waals surface area contributed by atoms with Gasteiger partial charge in [-0.3, -0.25) is 9.79 Å². The van der Waals surface area contributed by atoms with Gasteiger partial charge in [-0.15, -0.1) is 0 Å². The normalized spacial score (nSPS) is 11.0. The number of aliphatic imine (C=N–C) groups is 1. The molecule has 0 aliphatic heterocycles. The Kier molecular flexibility index (Phi) is 3.48. The molecule has 0 aliphatic carbocycles. The van der Waals surface area contributed by atoms with E-state index in [1.54, 1.807) is 24.3 Å². The van der Waals surface area contributed by atoms with Gasteiger partial charge in [0.05, 0.1) is 5.69 Å². The minimum atomic E-state index is -0.431. The van der Waals surface area contributed by atoms with Crippen molar-refractivity contribution in [2.75, 3.05) is 0 Å². The minimum absolute atomic E-state index is 0.431. The SMILES string of the molecule is NC(=O)c1ccc(N=Cc2ccc3ccccc3c2)cc1. The number of rotatable bonds is 3. The first-order chi connectivity index (χ1) is 10.2. The maximum atomic E-state index is 11.0. The Morgan fingerprint density at radius 2 is 1.62 bits per heavy atom. The lowest BCUT2D eigenvalue weighted by Gasteiger charge is -1.99. The van der Waals surface area contributed by atoms with E-state index in [-0.39, 0.29) is 0 Å². The van der Waals surface area contributed by atoms with Gasteiger partial charge < -0.3 is 5.73 Å². The topological polar surface area (TPSA) is 55.5 Å². The summed E-state index contributed by atoms with van der Waals surface area (Å²) >= 11 is 0. The van der Waals surface area contributed by atoms with Gasteiger partial charge in [-0.1, -0.05) is 36.4 Å². The Morgan fingerprint density at radius 3 is 2.33 bits per heavy atom. The highest BCUT2D eigenvalue weighted by atomic mass is 16.1. The monoisotopic (exact) mass is 274 g/mol. The Morgan fingerprint density at radius 1 is 0.905 bits per heavy atom. The van der Waals surface area contributed by atoms with Crippen molar-refractivity contribution < 1.29 is 4.79 Å². The third-order valence-electron chi connectivity index (χ3n) is 3.29. The maximum absolute atomic E-state index is 11.0. The van der Waals surface area contributed by atoms with Crippen molar-refractivity contribution in [1.82, 2.24) is 0 Å². The summed E-state index contributed by atoms with van der Waals surface area (Å²) in [5.41, 5.74) is 7.51. The zero-order valence-corrected chi connectivity index (χ0v) is 11.4. The van der Waals surface area contributed by atoms with Gasteiger partial charge in [0.15, 0.2) is 0 Å². The van der Waals surface area contributed by atoms with Crippen molar-refractivity contribution in [3.05, 3.63) is 77.9 Å². The number of fused-ring (bicyclic) bond motifs is 1. The number of nitrogens with zero attached hydrogens (tertiary/aromatic N) is 1. The van der Waals surface area contributed by atoms with Crippen LogP contribution in [0.1, 0.15) is 15.9 Å². The number of primary amides is 1. The highest BCUT2D eigenvalue weighted by molar-refractivity contribution is 5.93. The zero-order valence-electron chi connectivity index (χ0n) is 11.4. The molecule has 21 heavy (non-hydrogen) atoms. The summed E-state index contributed by atoms with van der Waals surface area (Å²) in [5.74, 6) is -0.431. The summed E-state index contributed by atoms with van der Waals surface area (Å²) in [6.07, 6.45) is 1.81. The van der Waals surface area contributed by atoms with Gasteiger partial charge >= 0.3 is 0 Å². The molecule has 0 heterocycles. The van der Waals surface area contributed by atoms with Crippen LogP contribution in [0.25, 0.3) is 10.8 Å². The van der Waals surface area contributed by atoms with Crippen molar-refractivity contribution in [1.29, 1.82) is 0 Å². The summed E-state index contributed by atoms with van der Waals surface area (Å²) in [7, 11) is 0. The molecule has 0 saturated heterocycles. The van der Waals surface area contributed by atoms with Crippen LogP contribution in [0.15, 0.2) is 71.7 Å². The summed E-state index contributed by atoms with van der Waals surface area (Å²) in [6.45, 7) is 0. The summed E-state index contributed by atoms with van der Waals surface area (Å²) < 4.78 is 0. The van der Waals surface area contributed by atoms with E-state index in [1.165, 1.54) is 10.8 Å². The molecule has 1 amide bonds. The Hall–Kier alpha value is -2.94. The van der Waals surface area contributed by atoms with E-state index in [2.05, 4.69) is 29.3 Å². The highest BCUT2D eigenvalue weighted by Crippen LogP contribution is 2.16. The van der Waals surface area contributed by atoms with E-state index in [1.807, 2.05) is 24.4 Å². The van der Waals surface area contributed by atoms with Gasteiger partial charge in [-0.05, 0) is 46.7 Å². The van der Waals surface area contributed by atoms with Crippen molar-refractivity contribution >= 4 is 28.6 Å². The number of hydrogen-bond donors (Lipinski definition) is 1. The second kappa shape index (κ2) is 5.59. The number of amides is 1. The lowest BCUT2D eigenvalue weighted by molar-refractivity contribution is 0.100. The van der Waals surface area contributed by atoms with Crippen molar-refractivity contribution in [2.45, 2.75) is 0 Å². The smallest absolute Gasteiger partial charge is 0.248 e. The molecule has 0 radical (unpaired) electrons. The predicted octanol–water partition coefficient (Wildman–Crippen LogP) is 3.69. The Bertz CT molecular complexity index is 820. The summed E-state index contributed by atoms with van der Waals surface area (Å²) in [4.78, 5) is 15.4. The summed E-state index contributed by atoms with van der Waals surface area (Å²) in [5, 5.41) is 2.39. The first-order valence-corrected chi connectivity index (χ1v) is 6.65. The molecule has 3 nitrogen and oxygen atoms in total. The van der Waals surface area contributed by atoms with Gasteiger partial charge in [-0.2, -0.15) is 0 Å². The van der Waals surface area contributed by atoms with Crippen LogP contribution in [0.2, 0.25) is 0 Å². The predicted molar refractivity (Wildman–Crippen MR) is 86.2 cm³/mol. The van der Waals surface area contributed by atoms with Crippen molar-refractivity contribution in [3.63, 3.8) is 0 Å². The van der Waals surface area contributed by atoms with Gasteiger partial charge in [0.2, 0.25) is 5.91 Å². The minimum Gasteiger partial charge on any atom is -0.366 e. The molecule has 102 valence electrons. The fourth-order valence-corrected chi connectivity index (χ4v) is 2.15. The average molecular weight is 274 g/mol. The van der Waals surface area contributed by atoms with Crippen LogP contribution in [0.3, 0.4) is 0 Å². The molecule has 3 aromatic rings. The quantitative estimate of drug-likeness (QED) is 0.727. The van der Waals surface area contributed by atoms with Crippen LogP contribution >= 0.6 is 0 Å². The van der Waals surface area contributed by atoms with E-state index in [9.17, 15) is 4.79 Å². The fraction of sp³-hybridized carbons (Fsp3) is 0. The number of carbonyl (C=O) groups is 1. The van der Waals surface area contributed by atoms with Crippen LogP contribution in [-0.2, 0) is 0 Å². The van der Waals surface area contributed by atoms with Gasteiger partial charge in [-0.25, -0.2) is 0 Å². The lowest BCUT2D eigenvalue weighted by Crippen LogP contribution is -2.10. The summed E-state index contributed by atoms with van der Waals surface area (Å²) in [6, 6.07) is 21.3. The molecule has 0 bridgehead atoms. The lowest BCUT2D eigenvalue weighted by atomic mass is 10.1. The molecule has 0 fully saturated rings. The van der Waals surface area contributed by atoms with Crippen molar-refractivity contribution in [2.24, 2.45) is 10.7 Å². The molecule has 0 aromatic heterocycles. The largest absolute Gasteiger partial charge is 0.366 e. The maximum Gasteiger partial charge on any atom is 0.248 e. The van der Waals surface area contributed by atoms with E-state index < -0.39 is 5.91 Å². The molecule has 3 rings (SSSR count). The second-order valence-corrected chi connectivity index (χ2v) is 4.78. The van der Waals surface area contributed by atoms with Crippen LogP contribution in [-0.4, -0.2) is 12.1 Å². The molecule has 0 saturated carbocycles. The Labute approximate surface area is 122 Å². The second-order valence-electron chi connectivity index (χ2n) is 4.78. The zero-order chi connectivity index (χ0) is 14.7. The molecule has 0 unspecified atom stereocenters. The van der Waals surface area contributed by atoms with Gasteiger partial charge in [0.25, 0.3) is 0 Å². The third-order valence-corrected chi connectivity index (χ3v) is 3.29. The first-order valence-electron chi connectivity index (χ1n) is 6.65. The molecular weight excluding hydrogens is 260 g/mol. The number of hydrogen-bond acceptors (Lipinski definition) is 2. The molecular formula is C18H14N2O. The number of nitrogens with two attached hydrogens (primary N) is 1. The molecule has 3 heteroatoms. The standard InChI is InChI=1S/C18H14N2O/c19-18(21)15-7-9-17(10-8-15)20-12-13-5-6-14-3-1-2-4-16(14)11-13/h1-12H,(H2,19,21). The Balaban J connectivity index is 1.85.